The number of rotatable bonds is 5. The molecule has 2 bridgehead atoms. The molecule has 2 atom stereocenters. The number of piperidine rings is 1. The van der Waals surface area contributed by atoms with Crippen LogP contribution in [0.3, 0.4) is 0 Å². The number of anilines is 1. The average molecular weight is 529 g/mol. The minimum atomic E-state index is -4.66. The standard InChI is InChI=1S/C25H25F6N3O3/c1-14(35)32-13-15-2-9-22(21(10-15)25(29,30)31)37-20-11-18-7-8-19(12-20)34(18)23(36)33-17-5-3-16(4-6-17)24(26,27)28/h2-6,9-10,18-20H,7-8,11-13H2,1H3,(H,32,35)(H,33,36)/t18-,19-/m0/s1. The fraction of sp³-hybridized carbons (Fsp3) is 0.440. The van der Waals surface area contributed by atoms with E-state index in [4.69, 9.17) is 4.74 Å². The van der Waals surface area contributed by atoms with Gasteiger partial charge >= 0.3 is 18.4 Å². The number of halogens is 6. The van der Waals surface area contributed by atoms with Crippen molar-refractivity contribution in [3.05, 3.63) is 59.2 Å². The van der Waals surface area contributed by atoms with Gasteiger partial charge in [-0.05, 0) is 54.8 Å². The van der Waals surface area contributed by atoms with E-state index in [1.807, 2.05) is 0 Å². The molecule has 0 aromatic heterocycles. The third kappa shape index (κ3) is 6.28. The van der Waals surface area contributed by atoms with E-state index in [0.29, 0.717) is 25.7 Å². The van der Waals surface area contributed by atoms with Crippen LogP contribution in [0, 0.1) is 0 Å². The van der Waals surface area contributed by atoms with Crippen LogP contribution in [0.15, 0.2) is 42.5 Å². The Morgan fingerprint density at radius 1 is 0.946 bits per heavy atom. The summed E-state index contributed by atoms with van der Waals surface area (Å²) in [6.07, 6.45) is -7.76. The highest BCUT2D eigenvalue weighted by atomic mass is 19.4. The van der Waals surface area contributed by atoms with Crippen LogP contribution >= 0.6 is 0 Å². The zero-order valence-electron chi connectivity index (χ0n) is 19.7. The second kappa shape index (κ2) is 10.1. The maximum absolute atomic E-state index is 13.7. The van der Waals surface area contributed by atoms with Gasteiger partial charge in [-0.15, -0.1) is 0 Å². The Balaban J connectivity index is 1.42. The summed E-state index contributed by atoms with van der Waals surface area (Å²) in [5.74, 6) is -0.676. The van der Waals surface area contributed by atoms with Gasteiger partial charge in [0.05, 0.1) is 11.1 Å². The fourth-order valence-corrected chi connectivity index (χ4v) is 4.90. The lowest BCUT2D eigenvalue weighted by molar-refractivity contribution is -0.139. The lowest BCUT2D eigenvalue weighted by Gasteiger charge is -2.39. The summed E-state index contributed by atoms with van der Waals surface area (Å²) in [5, 5.41) is 5.07. The number of hydrogen-bond donors (Lipinski definition) is 2. The molecule has 200 valence electrons. The molecule has 37 heavy (non-hydrogen) atoms. The van der Waals surface area contributed by atoms with Crippen molar-refractivity contribution in [3.8, 4) is 5.75 Å². The predicted molar refractivity (Wildman–Crippen MR) is 122 cm³/mol. The number of nitrogens with one attached hydrogen (secondary N) is 2. The summed E-state index contributed by atoms with van der Waals surface area (Å²) in [5.41, 5.74) is -1.27. The molecule has 0 radical (unpaired) electrons. The number of carbonyl (C=O) groups is 2. The lowest BCUT2D eigenvalue weighted by Crippen LogP contribution is -2.50. The minimum Gasteiger partial charge on any atom is -0.490 e. The molecule has 3 amide bonds. The third-order valence-electron chi connectivity index (χ3n) is 6.57. The van der Waals surface area contributed by atoms with E-state index >= 15 is 0 Å². The summed E-state index contributed by atoms with van der Waals surface area (Å²) in [6.45, 7) is 1.22. The maximum atomic E-state index is 13.7. The van der Waals surface area contributed by atoms with Crippen molar-refractivity contribution >= 4 is 17.6 Å². The summed E-state index contributed by atoms with van der Waals surface area (Å²) in [6, 6.07) is 6.75. The number of hydrogen-bond acceptors (Lipinski definition) is 3. The highest BCUT2D eigenvalue weighted by Crippen LogP contribution is 2.41. The van der Waals surface area contributed by atoms with Crippen molar-refractivity contribution in [2.75, 3.05) is 5.32 Å². The van der Waals surface area contributed by atoms with Crippen molar-refractivity contribution in [1.82, 2.24) is 10.2 Å². The molecule has 12 heteroatoms. The first-order chi connectivity index (χ1) is 17.3. The highest BCUT2D eigenvalue weighted by molar-refractivity contribution is 5.90. The van der Waals surface area contributed by atoms with E-state index in [2.05, 4.69) is 10.6 Å². The number of amides is 3. The van der Waals surface area contributed by atoms with Crippen LogP contribution in [-0.4, -0.2) is 35.0 Å². The zero-order valence-corrected chi connectivity index (χ0v) is 19.7. The summed E-state index contributed by atoms with van der Waals surface area (Å²) in [7, 11) is 0. The Labute approximate surface area is 209 Å². The summed E-state index contributed by atoms with van der Waals surface area (Å²) < 4.78 is 85.3. The number of nitrogens with zero attached hydrogens (tertiary/aromatic N) is 1. The number of alkyl halides is 6. The second-order valence-corrected chi connectivity index (χ2v) is 9.25. The Kier molecular flexibility index (Phi) is 7.29. The van der Waals surface area contributed by atoms with Gasteiger partial charge < -0.3 is 20.3 Å². The number of benzene rings is 2. The van der Waals surface area contributed by atoms with Crippen LogP contribution in [0.4, 0.5) is 36.8 Å². The lowest BCUT2D eigenvalue weighted by atomic mass is 9.99. The first-order valence-corrected chi connectivity index (χ1v) is 11.7. The van der Waals surface area contributed by atoms with E-state index in [9.17, 15) is 35.9 Å². The van der Waals surface area contributed by atoms with E-state index in [1.165, 1.54) is 31.2 Å². The van der Waals surface area contributed by atoms with Gasteiger partial charge in [0.25, 0.3) is 0 Å². The molecule has 2 aromatic rings. The van der Waals surface area contributed by atoms with Crippen LogP contribution in [0.2, 0.25) is 0 Å². The van der Waals surface area contributed by atoms with Gasteiger partial charge in [-0.3, -0.25) is 4.79 Å². The zero-order chi connectivity index (χ0) is 27.0. The molecule has 4 rings (SSSR count). The molecular formula is C25H25F6N3O3. The Morgan fingerprint density at radius 3 is 2.11 bits per heavy atom. The topological polar surface area (TPSA) is 70.7 Å². The van der Waals surface area contributed by atoms with Crippen LogP contribution in [0.25, 0.3) is 0 Å². The Bertz CT molecular complexity index is 1140. The predicted octanol–water partition coefficient (Wildman–Crippen LogP) is 5.97. The highest BCUT2D eigenvalue weighted by Gasteiger charge is 2.45. The molecule has 2 fully saturated rings. The molecule has 6 nitrogen and oxygen atoms in total. The molecule has 2 aromatic carbocycles. The third-order valence-corrected chi connectivity index (χ3v) is 6.57. The van der Waals surface area contributed by atoms with Crippen molar-refractivity contribution in [3.63, 3.8) is 0 Å². The van der Waals surface area contributed by atoms with Crippen molar-refractivity contribution < 1.29 is 40.7 Å². The van der Waals surface area contributed by atoms with Gasteiger partial charge in [0.15, 0.2) is 0 Å². The molecule has 0 aliphatic carbocycles. The van der Waals surface area contributed by atoms with E-state index < -0.39 is 35.6 Å². The van der Waals surface area contributed by atoms with E-state index in [1.54, 1.807) is 4.90 Å². The van der Waals surface area contributed by atoms with Gasteiger partial charge in [0.2, 0.25) is 5.91 Å². The van der Waals surface area contributed by atoms with E-state index in [-0.39, 0.29) is 41.5 Å². The maximum Gasteiger partial charge on any atom is 0.419 e. The van der Waals surface area contributed by atoms with Crippen LogP contribution in [-0.2, 0) is 23.7 Å². The Morgan fingerprint density at radius 2 is 1.57 bits per heavy atom. The summed E-state index contributed by atoms with van der Waals surface area (Å²) in [4.78, 5) is 25.6. The molecule has 2 aliphatic rings. The molecule has 2 saturated heterocycles. The van der Waals surface area contributed by atoms with Gasteiger partial charge in [-0.2, -0.15) is 26.3 Å². The fourth-order valence-electron chi connectivity index (χ4n) is 4.90. The number of fused-ring (bicyclic) bond motifs is 2. The van der Waals surface area contributed by atoms with Gasteiger partial charge in [0.1, 0.15) is 11.9 Å². The molecule has 0 unspecified atom stereocenters. The average Bonchev–Trinajstić information content (AvgIpc) is 3.08. The molecule has 0 spiro atoms. The van der Waals surface area contributed by atoms with E-state index in [0.717, 1.165) is 18.2 Å². The normalized spacial score (nSPS) is 21.5. The van der Waals surface area contributed by atoms with Gasteiger partial charge in [-0.1, -0.05) is 6.07 Å². The largest absolute Gasteiger partial charge is 0.490 e. The first kappa shape index (κ1) is 26.6. The Hall–Kier alpha value is -3.44. The monoisotopic (exact) mass is 529 g/mol. The first-order valence-electron chi connectivity index (χ1n) is 11.7. The summed E-state index contributed by atoms with van der Waals surface area (Å²) >= 11 is 0. The smallest absolute Gasteiger partial charge is 0.419 e. The molecule has 2 N–H and O–H groups in total. The SMILES string of the molecule is CC(=O)NCc1ccc(OC2C[C@@H]3CC[C@@H](C2)N3C(=O)Nc2ccc(C(F)(F)F)cc2)c(C(F)(F)F)c1. The minimum absolute atomic E-state index is 0.0464. The van der Waals surface area contributed by atoms with Crippen LogP contribution in [0.1, 0.15) is 49.3 Å². The van der Waals surface area contributed by atoms with Gasteiger partial charge in [0, 0.05) is 44.1 Å². The van der Waals surface area contributed by atoms with Crippen molar-refractivity contribution in [2.45, 2.75) is 69.7 Å². The molecular weight excluding hydrogens is 504 g/mol. The molecule has 2 aliphatic heterocycles. The van der Waals surface area contributed by atoms with Crippen molar-refractivity contribution in [1.29, 1.82) is 0 Å². The quantitative estimate of drug-likeness (QED) is 0.469. The number of urea groups is 1. The number of carbonyl (C=O) groups excluding carboxylic acids is 2. The number of ether oxygens (including phenoxy) is 1. The van der Waals surface area contributed by atoms with Crippen molar-refractivity contribution in [2.24, 2.45) is 0 Å². The second-order valence-electron chi connectivity index (χ2n) is 9.25. The van der Waals surface area contributed by atoms with Crippen LogP contribution in [0.5, 0.6) is 5.75 Å². The molecule has 0 saturated carbocycles. The van der Waals surface area contributed by atoms with Crippen LogP contribution < -0.4 is 15.4 Å². The van der Waals surface area contributed by atoms with Gasteiger partial charge in [-0.25, -0.2) is 4.79 Å². The molecule has 2 heterocycles.